The minimum Gasteiger partial charge on any atom is -0.497 e. The Bertz CT molecular complexity index is 587. The van der Waals surface area contributed by atoms with Crippen LogP contribution >= 0.6 is 0 Å². The Kier molecular flexibility index (Phi) is 3.28. The van der Waals surface area contributed by atoms with Crippen LogP contribution in [0.25, 0.3) is 0 Å². The summed E-state index contributed by atoms with van der Waals surface area (Å²) >= 11 is 0. The van der Waals surface area contributed by atoms with Crippen molar-refractivity contribution in [3.8, 4) is 5.75 Å². The first-order valence-electron chi connectivity index (χ1n) is 8.65. The van der Waals surface area contributed by atoms with Crippen LogP contribution in [0.2, 0.25) is 0 Å². The van der Waals surface area contributed by atoms with E-state index in [9.17, 15) is 5.11 Å². The molecule has 0 aliphatic heterocycles. The van der Waals surface area contributed by atoms with Crippen molar-refractivity contribution in [1.82, 2.24) is 0 Å². The molecule has 0 aromatic heterocycles. The summed E-state index contributed by atoms with van der Waals surface area (Å²) in [5, 5.41) is 10.6. The highest BCUT2D eigenvalue weighted by molar-refractivity contribution is 5.40. The molecule has 0 bridgehead atoms. The van der Waals surface area contributed by atoms with Gasteiger partial charge in [-0.2, -0.15) is 0 Å². The van der Waals surface area contributed by atoms with E-state index in [2.05, 4.69) is 25.1 Å². The summed E-state index contributed by atoms with van der Waals surface area (Å²) in [4.78, 5) is 0. The molecule has 1 aromatic carbocycles. The van der Waals surface area contributed by atoms with E-state index < -0.39 is 0 Å². The number of fused-ring (bicyclic) bond motifs is 5. The first-order valence-corrected chi connectivity index (χ1v) is 8.65. The average molecular weight is 301 g/mol. The van der Waals surface area contributed by atoms with Crippen LogP contribution in [0, 0.1) is 17.3 Å². The van der Waals surface area contributed by atoms with Gasteiger partial charge in [0.25, 0.3) is 0 Å². The van der Waals surface area contributed by atoms with Gasteiger partial charge in [-0.15, -0.1) is 0 Å². The molecule has 0 radical (unpaired) electrons. The second kappa shape index (κ2) is 4.97. The Labute approximate surface area is 132 Å². The number of hydrogen-bond donors (Lipinski definition) is 2. The number of aryl methyl sites for hydroxylation is 1. The summed E-state index contributed by atoms with van der Waals surface area (Å²) in [6.07, 6.45) is 5.30. The maximum atomic E-state index is 10.6. The molecule has 2 fully saturated rings. The maximum Gasteiger partial charge on any atom is 0.119 e. The molecule has 120 valence electrons. The fraction of sp³-hybridized carbons (Fsp3) is 0.684. The lowest BCUT2D eigenvalue weighted by molar-refractivity contribution is -0.0256. The number of nitrogens with two attached hydrogens (primary N) is 1. The SMILES string of the molecule is COc1ccc2c(c1)CC[C@@H]1[C@@H]2CC[C@]2(C)[C@@H](O)[C@H](N)C[C@@H]12. The lowest BCUT2D eigenvalue weighted by Crippen LogP contribution is -2.45. The summed E-state index contributed by atoms with van der Waals surface area (Å²) < 4.78 is 5.38. The summed E-state index contributed by atoms with van der Waals surface area (Å²) in [5.41, 5.74) is 9.23. The summed E-state index contributed by atoms with van der Waals surface area (Å²) in [6, 6.07) is 6.56. The van der Waals surface area contributed by atoms with Gasteiger partial charge < -0.3 is 15.6 Å². The molecule has 0 heterocycles. The monoisotopic (exact) mass is 301 g/mol. The molecule has 3 aliphatic carbocycles. The predicted octanol–water partition coefficient (Wildman–Crippen LogP) is 2.85. The zero-order chi connectivity index (χ0) is 15.5. The van der Waals surface area contributed by atoms with Crippen molar-refractivity contribution in [2.45, 2.75) is 57.1 Å². The van der Waals surface area contributed by atoms with Gasteiger partial charge in [0.1, 0.15) is 5.75 Å². The second-order valence-corrected chi connectivity index (χ2v) is 7.87. The van der Waals surface area contributed by atoms with Gasteiger partial charge in [0.15, 0.2) is 0 Å². The molecule has 0 unspecified atom stereocenters. The summed E-state index contributed by atoms with van der Waals surface area (Å²) in [6.45, 7) is 2.27. The van der Waals surface area contributed by atoms with E-state index in [1.54, 1.807) is 7.11 Å². The molecule has 2 saturated carbocycles. The number of benzene rings is 1. The predicted molar refractivity (Wildman–Crippen MR) is 87.0 cm³/mol. The van der Waals surface area contributed by atoms with E-state index >= 15 is 0 Å². The molecular weight excluding hydrogens is 274 g/mol. The molecule has 1 aromatic rings. The normalized spacial score (nSPS) is 43.2. The van der Waals surface area contributed by atoms with Crippen molar-refractivity contribution in [3.05, 3.63) is 29.3 Å². The topological polar surface area (TPSA) is 55.5 Å². The zero-order valence-electron chi connectivity index (χ0n) is 13.6. The molecule has 4 rings (SSSR count). The molecule has 0 spiro atoms. The van der Waals surface area contributed by atoms with Gasteiger partial charge in [-0.05, 0) is 78.5 Å². The third-order valence-electron chi connectivity index (χ3n) is 6.98. The molecule has 6 atom stereocenters. The Morgan fingerprint density at radius 1 is 1.32 bits per heavy atom. The second-order valence-electron chi connectivity index (χ2n) is 7.87. The van der Waals surface area contributed by atoms with Gasteiger partial charge in [-0.3, -0.25) is 0 Å². The minimum absolute atomic E-state index is 0.0323. The maximum absolute atomic E-state index is 10.6. The smallest absolute Gasteiger partial charge is 0.119 e. The van der Waals surface area contributed by atoms with Gasteiger partial charge in [0.2, 0.25) is 0 Å². The first-order chi connectivity index (χ1) is 10.5. The van der Waals surface area contributed by atoms with Gasteiger partial charge in [0, 0.05) is 6.04 Å². The molecule has 3 nitrogen and oxygen atoms in total. The van der Waals surface area contributed by atoms with Crippen molar-refractivity contribution in [3.63, 3.8) is 0 Å². The Balaban J connectivity index is 1.69. The van der Waals surface area contributed by atoms with Crippen LogP contribution in [0.4, 0.5) is 0 Å². The summed E-state index contributed by atoms with van der Waals surface area (Å²) in [5.74, 6) is 2.87. The van der Waals surface area contributed by atoms with Crippen LogP contribution in [-0.4, -0.2) is 24.4 Å². The first kappa shape index (κ1) is 14.5. The van der Waals surface area contributed by atoms with Crippen molar-refractivity contribution < 1.29 is 9.84 Å². The lowest BCUT2D eigenvalue weighted by Gasteiger charge is -2.50. The quantitative estimate of drug-likeness (QED) is 0.838. The van der Waals surface area contributed by atoms with Crippen molar-refractivity contribution in [1.29, 1.82) is 0 Å². The third kappa shape index (κ3) is 1.88. The Morgan fingerprint density at radius 2 is 2.14 bits per heavy atom. The van der Waals surface area contributed by atoms with Crippen LogP contribution in [0.15, 0.2) is 18.2 Å². The molecular formula is C19H27NO2. The molecule has 0 amide bonds. The van der Waals surface area contributed by atoms with Crippen molar-refractivity contribution in [2.75, 3.05) is 7.11 Å². The van der Waals surface area contributed by atoms with Crippen molar-refractivity contribution in [2.24, 2.45) is 23.0 Å². The Hall–Kier alpha value is -1.06. The van der Waals surface area contributed by atoms with Crippen LogP contribution < -0.4 is 10.5 Å². The van der Waals surface area contributed by atoms with Crippen LogP contribution in [0.1, 0.15) is 49.7 Å². The van der Waals surface area contributed by atoms with E-state index in [0.29, 0.717) is 17.8 Å². The van der Waals surface area contributed by atoms with Crippen LogP contribution in [0.3, 0.4) is 0 Å². The van der Waals surface area contributed by atoms with Gasteiger partial charge in [-0.25, -0.2) is 0 Å². The van der Waals surface area contributed by atoms with E-state index in [0.717, 1.165) is 25.0 Å². The van der Waals surface area contributed by atoms with Crippen molar-refractivity contribution >= 4 is 0 Å². The number of hydrogen-bond acceptors (Lipinski definition) is 3. The lowest BCUT2D eigenvalue weighted by atomic mass is 9.55. The van der Waals surface area contributed by atoms with E-state index in [1.165, 1.54) is 24.0 Å². The van der Waals surface area contributed by atoms with E-state index in [1.807, 2.05) is 0 Å². The molecule has 0 saturated heterocycles. The number of methoxy groups -OCH3 is 1. The van der Waals surface area contributed by atoms with Crippen LogP contribution in [0.5, 0.6) is 5.75 Å². The largest absolute Gasteiger partial charge is 0.497 e. The number of ether oxygens (including phenoxy) is 1. The van der Waals surface area contributed by atoms with Gasteiger partial charge in [-0.1, -0.05) is 13.0 Å². The number of aliphatic hydroxyl groups is 1. The molecule has 3 heteroatoms. The minimum atomic E-state index is -0.323. The van der Waals surface area contributed by atoms with E-state index in [4.69, 9.17) is 10.5 Å². The average Bonchev–Trinajstić information content (AvgIpc) is 2.77. The highest BCUT2D eigenvalue weighted by Crippen LogP contribution is 2.60. The molecule has 3 N–H and O–H groups in total. The fourth-order valence-electron chi connectivity index (χ4n) is 5.76. The number of rotatable bonds is 1. The van der Waals surface area contributed by atoms with Gasteiger partial charge >= 0.3 is 0 Å². The zero-order valence-corrected chi connectivity index (χ0v) is 13.6. The highest BCUT2D eigenvalue weighted by Gasteiger charge is 2.57. The Morgan fingerprint density at radius 3 is 2.91 bits per heavy atom. The van der Waals surface area contributed by atoms with E-state index in [-0.39, 0.29) is 17.6 Å². The highest BCUT2D eigenvalue weighted by atomic mass is 16.5. The van der Waals surface area contributed by atoms with Crippen LogP contribution in [-0.2, 0) is 6.42 Å². The summed E-state index contributed by atoms with van der Waals surface area (Å²) in [7, 11) is 1.74. The molecule has 22 heavy (non-hydrogen) atoms. The van der Waals surface area contributed by atoms with Gasteiger partial charge in [0.05, 0.1) is 13.2 Å². The molecule has 3 aliphatic rings. The fourth-order valence-corrected chi connectivity index (χ4v) is 5.76. The number of aliphatic hydroxyl groups excluding tert-OH is 1. The standard InChI is InChI=1S/C19H27NO2/c1-19-8-7-14-13-6-4-12(22-2)9-11(13)3-5-15(14)16(19)10-17(20)18(19)21/h4,6,9,14-18,21H,3,5,7-8,10,20H2,1-2H3/t14-,15-,16+,17-,18+,19+/m1/s1. The third-order valence-corrected chi connectivity index (χ3v) is 6.98.